The fourth-order valence-corrected chi connectivity index (χ4v) is 3.41. The highest BCUT2D eigenvalue weighted by Crippen LogP contribution is 2.37. The molecule has 0 saturated heterocycles. The van der Waals surface area contributed by atoms with Crippen LogP contribution in [-0.4, -0.2) is 21.2 Å². The molecule has 24 heavy (non-hydrogen) atoms. The van der Waals surface area contributed by atoms with Gasteiger partial charge in [0.25, 0.3) is 0 Å². The van der Waals surface area contributed by atoms with Gasteiger partial charge in [0, 0.05) is 5.69 Å². The molecule has 2 aromatic carbocycles. The number of thiophene rings is 1. The van der Waals surface area contributed by atoms with Crippen LogP contribution in [0.25, 0.3) is 0 Å². The van der Waals surface area contributed by atoms with Crippen molar-refractivity contribution in [3.8, 4) is 5.75 Å². The van der Waals surface area contributed by atoms with Gasteiger partial charge in [-0.2, -0.15) is 0 Å². The van der Waals surface area contributed by atoms with E-state index in [1.54, 1.807) is 17.0 Å². The van der Waals surface area contributed by atoms with Crippen LogP contribution < -0.4 is 4.90 Å². The van der Waals surface area contributed by atoms with E-state index in [2.05, 4.69) is 0 Å². The fraction of sp³-hybridized carbons (Fsp3) is 0. The Bertz CT molecular complexity index is 877. The molecule has 0 radical (unpaired) electrons. The number of anilines is 2. The Balaban J connectivity index is 2.18. The first-order valence-electron chi connectivity index (χ1n) is 7.08. The van der Waals surface area contributed by atoms with E-state index >= 15 is 0 Å². The van der Waals surface area contributed by atoms with Crippen molar-refractivity contribution in [2.75, 3.05) is 4.90 Å². The number of hydrogen-bond acceptors (Lipinski definition) is 4. The zero-order valence-electron chi connectivity index (χ0n) is 12.4. The van der Waals surface area contributed by atoms with Crippen LogP contribution in [0.5, 0.6) is 5.75 Å². The molecular formula is C18H13NO3S2. The minimum absolute atomic E-state index is 0.164. The van der Waals surface area contributed by atoms with E-state index in [0.29, 0.717) is 10.7 Å². The maximum absolute atomic E-state index is 11.3. The Hall–Kier alpha value is -2.70. The average Bonchev–Trinajstić information content (AvgIpc) is 3.12. The predicted molar refractivity (Wildman–Crippen MR) is 99.7 cm³/mol. The average molecular weight is 355 g/mol. The summed E-state index contributed by atoms with van der Waals surface area (Å²) in [7, 11) is 0. The molecule has 0 fully saturated rings. The summed E-state index contributed by atoms with van der Waals surface area (Å²) in [5.41, 5.74) is 0.913. The van der Waals surface area contributed by atoms with E-state index in [4.69, 9.17) is 12.2 Å². The monoisotopic (exact) mass is 355 g/mol. The smallest absolute Gasteiger partial charge is 0.339 e. The van der Waals surface area contributed by atoms with E-state index < -0.39 is 5.97 Å². The molecule has 4 nitrogen and oxygen atoms in total. The number of rotatable bonds is 4. The second-order valence-electron chi connectivity index (χ2n) is 4.93. The number of para-hydroxylation sites is 2. The molecule has 0 amide bonds. The number of aromatic carboxylic acids is 1. The van der Waals surface area contributed by atoms with E-state index in [-0.39, 0.29) is 11.3 Å². The van der Waals surface area contributed by atoms with E-state index in [0.717, 1.165) is 10.6 Å². The summed E-state index contributed by atoms with van der Waals surface area (Å²) in [6, 6.07) is 17.7. The second kappa shape index (κ2) is 6.82. The first kappa shape index (κ1) is 16.2. The first-order valence-corrected chi connectivity index (χ1v) is 8.36. The maximum Gasteiger partial charge on any atom is 0.339 e. The van der Waals surface area contributed by atoms with Crippen molar-refractivity contribution in [1.82, 2.24) is 0 Å². The van der Waals surface area contributed by atoms with Gasteiger partial charge in [0.2, 0.25) is 0 Å². The highest BCUT2D eigenvalue weighted by molar-refractivity contribution is 7.81. The van der Waals surface area contributed by atoms with Gasteiger partial charge in [0.15, 0.2) is 5.75 Å². The molecule has 6 heteroatoms. The summed E-state index contributed by atoms with van der Waals surface area (Å²) in [5, 5.41) is 21.6. The fourth-order valence-electron chi connectivity index (χ4n) is 2.34. The molecule has 0 aliphatic carbocycles. The number of hydrogen-bond donors (Lipinski definition) is 2. The topological polar surface area (TPSA) is 60.8 Å². The third kappa shape index (κ3) is 3.02. The normalized spacial score (nSPS) is 10.3. The lowest BCUT2D eigenvalue weighted by Crippen LogP contribution is -2.24. The standard InChI is InChI=1S/C18H13NO3S2/c20-16-13(18(21)22)8-4-9-14(16)19(12-6-2-1-3-7-12)17(23)15-10-5-11-24-15/h1-11,20H,(H,21,22). The number of phenols is 1. The van der Waals surface area contributed by atoms with Gasteiger partial charge in [-0.1, -0.05) is 42.5 Å². The molecule has 120 valence electrons. The van der Waals surface area contributed by atoms with Gasteiger partial charge in [-0.15, -0.1) is 11.3 Å². The molecule has 3 rings (SSSR count). The van der Waals surface area contributed by atoms with Gasteiger partial charge in [-0.25, -0.2) is 4.79 Å². The van der Waals surface area contributed by atoms with Crippen LogP contribution in [0.4, 0.5) is 11.4 Å². The van der Waals surface area contributed by atoms with Crippen molar-refractivity contribution in [3.05, 3.63) is 76.5 Å². The van der Waals surface area contributed by atoms with Gasteiger partial charge < -0.3 is 10.2 Å². The molecule has 2 N–H and O–H groups in total. The predicted octanol–water partition coefficient (Wildman–Crippen LogP) is 4.67. The van der Waals surface area contributed by atoms with Crippen molar-refractivity contribution in [2.24, 2.45) is 0 Å². The van der Waals surface area contributed by atoms with Gasteiger partial charge in [0.1, 0.15) is 10.6 Å². The summed E-state index contributed by atoms with van der Waals surface area (Å²) in [4.78, 5) is 14.4. The zero-order valence-corrected chi connectivity index (χ0v) is 14.1. The molecule has 0 bridgehead atoms. The Labute approximate surface area is 148 Å². The van der Waals surface area contributed by atoms with Gasteiger partial charge in [0.05, 0.1) is 10.6 Å². The largest absolute Gasteiger partial charge is 0.505 e. The molecule has 0 unspecified atom stereocenters. The van der Waals surface area contributed by atoms with Crippen LogP contribution in [-0.2, 0) is 0 Å². The van der Waals surface area contributed by atoms with E-state index in [9.17, 15) is 15.0 Å². The minimum atomic E-state index is -1.19. The summed E-state index contributed by atoms with van der Waals surface area (Å²) in [5.74, 6) is -1.50. The SMILES string of the molecule is O=C(O)c1cccc(N(C(=S)c2cccs2)c2ccccc2)c1O. The second-order valence-corrected chi connectivity index (χ2v) is 6.27. The van der Waals surface area contributed by atoms with Crippen molar-refractivity contribution in [1.29, 1.82) is 0 Å². The number of aromatic hydroxyl groups is 1. The third-order valence-electron chi connectivity index (χ3n) is 3.44. The number of benzene rings is 2. The minimum Gasteiger partial charge on any atom is -0.505 e. The molecule has 0 saturated carbocycles. The van der Waals surface area contributed by atoms with Crippen LogP contribution in [0.3, 0.4) is 0 Å². The molecule has 1 aromatic heterocycles. The Morgan fingerprint density at radius 3 is 2.38 bits per heavy atom. The molecule has 0 spiro atoms. The quantitative estimate of drug-likeness (QED) is 0.666. The summed E-state index contributed by atoms with van der Waals surface area (Å²) in [6.45, 7) is 0. The number of carboxylic acid groups (broad SMARTS) is 1. The van der Waals surface area contributed by atoms with Crippen LogP contribution in [0.2, 0.25) is 0 Å². The van der Waals surface area contributed by atoms with E-state index in [1.165, 1.54) is 17.4 Å². The summed E-state index contributed by atoms with van der Waals surface area (Å²) in [6.07, 6.45) is 0. The lowest BCUT2D eigenvalue weighted by Gasteiger charge is -2.26. The van der Waals surface area contributed by atoms with Crippen molar-refractivity contribution >= 4 is 45.9 Å². The van der Waals surface area contributed by atoms with Crippen LogP contribution in [0.1, 0.15) is 15.2 Å². The van der Waals surface area contributed by atoms with Crippen LogP contribution >= 0.6 is 23.6 Å². The van der Waals surface area contributed by atoms with Gasteiger partial charge in [-0.05, 0) is 35.7 Å². The molecule has 3 aromatic rings. The highest BCUT2D eigenvalue weighted by atomic mass is 32.1. The summed E-state index contributed by atoms with van der Waals surface area (Å²) >= 11 is 7.09. The Kier molecular flexibility index (Phi) is 4.59. The zero-order chi connectivity index (χ0) is 17.1. The molecule has 0 atom stereocenters. The first-order chi connectivity index (χ1) is 11.6. The lowest BCUT2D eigenvalue weighted by molar-refractivity contribution is 0.0694. The van der Waals surface area contributed by atoms with E-state index in [1.807, 2.05) is 47.8 Å². The molecule has 0 aliphatic rings. The molecular weight excluding hydrogens is 342 g/mol. The molecule has 1 heterocycles. The summed E-state index contributed by atoms with van der Waals surface area (Å²) < 4.78 is 0. The Morgan fingerprint density at radius 2 is 1.75 bits per heavy atom. The number of nitrogens with zero attached hydrogens (tertiary/aromatic N) is 1. The highest BCUT2D eigenvalue weighted by Gasteiger charge is 2.23. The van der Waals surface area contributed by atoms with Gasteiger partial charge in [-0.3, -0.25) is 4.90 Å². The van der Waals surface area contributed by atoms with Crippen molar-refractivity contribution in [3.63, 3.8) is 0 Å². The van der Waals surface area contributed by atoms with Crippen LogP contribution in [0.15, 0.2) is 66.0 Å². The molecule has 0 aliphatic heterocycles. The third-order valence-corrected chi connectivity index (χ3v) is 4.84. The lowest BCUT2D eigenvalue weighted by atomic mass is 10.1. The number of carboxylic acids is 1. The number of thiocarbonyl (C=S) groups is 1. The Morgan fingerprint density at radius 1 is 1.00 bits per heavy atom. The van der Waals surface area contributed by atoms with Gasteiger partial charge >= 0.3 is 5.97 Å². The maximum atomic E-state index is 11.3. The van der Waals surface area contributed by atoms with Crippen molar-refractivity contribution < 1.29 is 15.0 Å². The van der Waals surface area contributed by atoms with Crippen molar-refractivity contribution in [2.45, 2.75) is 0 Å². The number of carbonyl (C=O) groups is 1. The van der Waals surface area contributed by atoms with Crippen LogP contribution in [0, 0.1) is 0 Å².